The molecule has 0 fully saturated rings. The molecule has 4 nitrogen and oxygen atoms in total. The standard InChI is InChI=1S/C15H28N4S/c1-6-11(4)18-15(16-8-3)17-10-9-14-19-13(7-2)12(5)20-14/h11H,6-10H2,1-5H3,(H2,16,17,18). The maximum atomic E-state index is 4.66. The van der Waals surface area contributed by atoms with E-state index < -0.39 is 0 Å². The average molecular weight is 296 g/mol. The minimum Gasteiger partial charge on any atom is -0.357 e. The molecule has 1 heterocycles. The molecule has 2 N–H and O–H groups in total. The normalized spacial score (nSPS) is 13.3. The third-order valence-corrected chi connectivity index (χ3v) is 4.28. The predicted octanol–water partition coefficient (Wildman–Crippen LogP) is 2.91. The monoisotopic (exact) mass is 296 g/mol. The van der Waals surface area contributed by atoms with Gasteiger partial charge in [-0.15, -0.1) is 11.3 Å². The number of hydrogen-bond acceptors (Lipinski definition) is 3. The zero-order valence-electron chi connectivity index (χ0n) is 13.4. The zero-order valence-corrected chi connectivity index (χ0v) is 14.2. The Labute approximate surface area is 127 Å². The number of guanidine groups is 1. The molecule has 1 aromatic rings. The van der Waals surface area contributed by atoms with Crippen molar-refractivity contribution in [1.29, 1.82) is 0 Å². The van der Waals surface area contributed by atoms with Gasteiger partial charge in [-0.2, -0.15) is 0 Å². The Morgan fingerprint density at radius 2 is 2.10 bits per heavy atom. The molecule has 0 amide bonds. The van der Waals surface area contributed by atoms with Crippen molar-refractivity contribution >= 4 is 17.3 Å². The Kier molecular flexibility index (Phi) is 7.59. The van der Waals surface area contributed by atoms with Crippen molar-refractivity contribution in [3.05, 3.63) is 15.6 Å². The van der Waals surface area contributed by atoms with Crippen molar-refractivity contribution in [3.8, 4) is 0 Å². The highest BCUT2D eigenvalue weighted by Crippen LogP contribution is 2.18. The molecule has 0 aliphatic rings. The van der Waals surface area contributed by atoms with E-state index in [9.17, 15) is 0 Å². The third kappa shape index (κ3) is 5.49. The second kappa shape index (κ2) is 8.95. The van der Waals surface area contributed by atoms with Crippen molar-refractivity contribution in [1.82, 2.24) is 15.6 Å². The van der Waals surface area contributed by atoms with Gasteiger partial charge in [0.25, 0.3) is 0 Å². The molecule has 0 bridgehead atoms. The third-order valence-electron chi connectivity index (χ3n) is 3.21. The molecule has 0 aliphatic heterocycles. The van der Waals surface area contributed by atoms with Crippen LogP contribution in [0.5, 0.6) is 0 Å². The second-order valence-corrected chi connectivity index (χ2v) is 6.22. The largest absolute Gasteiger partial charge is 0.357 e. The molecule has 1 unspecified atom stereocenters. The number of nitrogens with one attached hydrogen (secondary N) is 2. The van der Waals surface area contributed by atoms with Gasteiger partial charge in [0.1, 0.15) is 0 Å². The summed E-state index contributed by atoms with van der Waals surface area (Å²) < 4.78 is 0. The van der Waals surface area contributed by atoms with Gasteiger partial charge in [-0.05, 0) is 33.6 Å². The summed E-state index contributed by atoms with van der Waals surface area (Å²) in [5, 5.41) is 7.88. The Hall–Kier alpha value is -1.10. The molecule has 0 saturated heterocycles. The van der Waals surface area contributed by atoms with E-state index in [0.29, 0.717) is 6.04 Å². The van der Waals surface area contributed by atoms with Crippen LogP contribution in [-0.2, 0) is 12.8 Å². The molecular formula is C15H28N4S. The van der Waals surface area contributed by atoms with Gasteiger partial charge in [-0.1, -0.05) is 13.8 Å². The summed E-state index contributed by atoms with van der Waals surface area (Å²) in [7, 11) is 0. The van der Waals surface area contributed by atoms with Gasteiger partial charge in [-0.25, -0.2) is 4.98 Å². The maximum Gasteiger partial charge on any atom is 0.191 e. The second-order valence-electron chi connectivity index (χ2n) is 4.93. The first-order valence-corrected chi connectivity index (χ1v) is 8.42. The topological polar surface area (TPSA) is 49.3 Å². The van der Waals surface area contributed by atoms with Gasteiger partial charge in [0.2, 0.25) is 0 Å². The van der Waals surface area contributed by atoms with Crippen LogP contribution < -0.4 is 10.6 Å². The first-order valence-electron chi connectivity index (χ1n) is 7.60. The number of nitrogens with zero attached hydrogens (tertiary/aromatic N) is 2. The minimum atomic E-state index is 0.446. The molecule has 114 valence electrons. The fourth-order valence-corrected chi connectivity index (χ4v) is 2.85. The molecule has 0 spiro atoms. The number of aryl methyl sites for hydroxylation is 2. The number of rotatable bonds is 7. The highest BCUT2D eigenvalue weighted by atomic mass is 32.1. The summed E-state index contributed by atoms with van der Waals surface area (Å²) in [6, 6.07) is 0.446. The van der Waals surface area contributed by atoms with Gasteiger partial charge in [0, 0.05) is 30.4 Å². The highest BCUT2D eigenvalue weighted by Gasteiger charge is 2.06. The number of aromatic nitrogens is 1. The Morgan fingerprint density at radius 1 is 1.35 bits per heavy atom. The summed E-state index contributed by atoms with van der Waals surface area (Å²) >= 11 is 1.80. The van der Waals surface area contributed by atoms with Crippen LogP contribution in [0.1, 0.15) is 49.7 Å². The molecule has 5 heteroatoms. The van der Waals surface area contributed by atoms with Crippen LogP contribution in [-0.4, -0.2) is 30.1 Å². The molecule has 0 aliphatic carbocycles. The Balaban J connectivity index is 2.54. The summed E-state index contributed by atoms with van der Waals surface area (Å²) in [6.45, 7) is 12.4. The summed E-state index contributed by atoms with van der Waals surface area (Å²) in [4.78, 5) is 10.6. The highest BCUT2D eigenvalue weighted by molar-refractivity contribution is 7.11. The van der Waals surface area contributed by atoms with E-state index in [4.69, 9.17) is 0 Å². The minimum absolute atomic E-state index is 0.446. The maximum absolute atomic E-state index is 4.66. The van der Waals surface area contributed by atoms with Crippen LogP contribution in [0.2, 0.25) is 0 Å². The van der Waals surface area contributed by atoms with Gasteiger partial charge in [0.05, 0.1) is 10.7 Å². The van der Waals surface area contributed by atoms with Crippen molar-refractivity contribution in [2.45, 2.75) is 59.9 Å². The average Bonchev–Trinajstić information content (AvgIpc) is 2.79. The van der Waals surface area contributed by atoms with Gasteiger partial charge in [0.15, 0.2) is 5.96 Å². The predicted molar refractivity (Wildman–Crippen MR) is 88.8 cm³/mol. The fourth-order valence-electron chi connectivity index (χ4n) is 1.84. The number of hydrogen-bond donors (Lipinski definition) is 2. The summed E-state index contributed by atoms with van der Waals surface area (Å²) in [5.41, 5.74) is 1.23. The fraction of sp³-hybridized carbons (Fsp3) is 0.733. The number of aliphatic imine (C=N–C) groups is 1. The molecule has 1 aromatic heterocycles. The van der Waals surface area contributed by atoms with Crippen molar-refractivity contribution in [2.24, 2.45) is 4.99 Å². The molecule has 20 heavy (non-hydrogen) atoms. The number of thiazole rings is 1. The van der Waals surface area contributed by atoms with Crippen molar-refractivity contribution in [3.63, 3.8) is 0 Å². The molecule has 1 rings (SSSR count). The summed E-state index contributed by atoms with van der Waals surface area (Å²) in [6.07, 6.45) is 3.03. The van der Waals surface area contributed by atoms with Crippen molar-refractivity contribution in [2.75, 3.05) is 13.1 Å². The van der Waals surface area contributed by atoms with Gasteiger partial charge >= 0.3 is 0 Å². The smallest absolute Gasteiger partial charge is 0.191 e. The Bertz CT molecular complexity index is 426. The van der Waals surface area contributed by atoms with Crippen LogP contribution >= 0.6 is 11.3 Å². The molecule has 0 aromatic carbocycles. The quantitative estimate of drug-likeness (QED) is 0.601. The lowest BCUT2D eigenvalue weighted by atomic mass is 10.3. The van der Waals surface area contributed by atoms with Crippen LogP contribution in [0.15, 0.2) is 4.99 Å². The van der Waals surface area contributed by atoms with E-state index in [2.05, 4.69) is 55.2 Å². The van der Waals surface area contributed by atoms with Crippen molar-refractivity contribution < 1.29 is 0 Å². The first-order chi connectivity index (χ1) is 9.60. The van der Waals surface area contributed by atoms with E-state index in [1.165, 1.54) is 15.6 Å². The van der Waals surface area contributed by atoms with E-state index in [1.54, 1.807) is 11.3 Å². The lowest BCUT2D eigenvalue weighted by molar-refractivity contribution is 0.624. The lowest BCUT2D eigenvalue weighted by Gasteiger charge is -2.15. The van der Waals surface area contributed by atoms with Crippen LogP contribution in [0.25, 0.3) is 0 Å². The molecule has 0 saturated carbocycles. The summed E-state index contributed by atoms with van der Waals surface area (Å²) in [5.74, 6) is 0.908. The molecular weight excluding hydrogens is 268 g/mol. The Morgan fingerprint density at radius 3 is 2.65 bits per heavy atom. The van der Waals surface area contributed by atoms with Crippen LogP contribution in [0, 0.1) is 6.92 Å². The van der Waals surface area contributed by atoms with Crippen LogP contribution in [0.3, 0.4) is 0 Å². The van der Waals surface area contributed by atoms with E-state index in [-0.39, 0.29) is 0 Å². The SMILES string of the molecule is CCNC(=NCCc1nc(CC)c(C)s1)NC(C)CC. The van der Waals surface area contributed by atoms with E-state index in [1.807, 2.05) is 0 Å². The van der Waals surface area contributed by atoms with Gasteiger partial charge < -0.3 is 10.6 Å². The van der Waals surface area contributed by atoms with Crippen LogP contribution in [0.4, 0.5) is 0 Å². The van der Waals surface area contributed by atoms with Gasteiger partial charge in [-0.3, -0.25) is 4.99 Å². The zero-order chi connectivity index (χ0) is 15.0. The lowest BCUT2D eigenvalue weighted by Crippen LogP contribution is -2.42. The first kappa shape index (κ1) is 17.0. The van der Waals surface area contributed by atoms with E-state index >= 15 is 0 Å². The molecule has 1 atom stereocenters. The molecule has 0 radical (unpaired) electrons. The van der Waals surface area contributed by atoms with E-state index in [0.717, 1.165) is 38.3 Å².